The molecule has 7 N–H and O–H groups in total. The van der Waals surface area contributed by atoms with Gasteiger partial charge >= 0.3 is 6.03 Å². The summed E-state index contributed by atoms with van der Waals surface area (Å²) < 4.78 is 5.51. The van der Waals surface area contributed by atoms with Crippen LogP contribution in [0.1, 0.15) is 136 Å². The van der Waals surface area contributed by atoms with Gasteiger partial charge in [-0.25, -0.2) is 9.78 Å². The summed E-state index contributed by atoms with van der Waals surface area (Å²) in [5.74, 6) is 1.31. The molecule has 66 heavy (non-hydrogen) atoms. The summed E-state index contributed by atoms with van der Waals surface area (Å²) in [5, 5.41) is 15.3. The summed E-state index contributed by atoms with van der Waals surface area (Å²) in [6, 6.07) is 14.1. The Morgan fingerprint density at radius 3 is 2.02 bits per heavy atom. The number of H-pyrrole nitrogens is 2. The Morgan fingerprint density at radius 1 is 0.742 bits per heavy atom. The van der Waals surface area contributed by atoms with E-state index in [9.17, 15) is 33.6 Å². The minimum atomic E-state index is -0.515. The lowest BCUT2D eigenvalue weighted by atomic mass is 9.92. The van der Waals surface area contributed by atoms with E-state index in [1.165, 1.54) is 18.5 Å². The van der Waals surface area contributed by atoms with E-state index in [0.717, 1.165) is 62.7 Å². The molecule has 2 aliphatic rings. The van der Waals surface area contributed by atoms with Crippen molar-refractivity contribution >= 4 is 53.4 Å². The molecule has 352 valence electrons. The summed E-state index contributed by atoms with van der Waals surface area (Å²) in [6.45, 7) is 7.36. The topological polar surface area (TPSA) is 237 Å². The predicted octanol–water partition coefficient (Wildman–Crippen LogP) is 3.93. The molecule has 16 nitrogen and oxygen atoms in total. The van der Waals surface area contributed by atoms with Crippen molar-refractivity contribution in [3.63, 3.8) is 0 Å². The maximum atomic E-state index is 13.4. The van der Waals surface area contributed by atoms with Gasteiger partial charge in [-0.2, -0.15) is 11.8 Å². The minimum Gasteiger partial charge on any atom is -0.447 e. The summed E-state index contributed by atoms with van der Waals surface area (Å²) in [7, 11) is 0. The minimum absolute atomic E-state index is 0.0136. The van der Waals surface area contributed by atoms with Gasteiger partial charge in [0.1, 0.15) is 22.2 Å². The monoisotopic (exact) mass is 922 g/mol. The van der Waals surface area contributed by atoms with E-state index in [4.69, 9.17) is 4.42 Å². The first kappa shape index (κ1) is 49.2. The number of unbranched alkanes of at least 4 members (excludes halogenated alkanes) is 5. The number of thioether (sulfide) groups is 1. The molecular weight excluding hydrogens is 861 g/mol. The summed E-state index contributed by atoms with van der Waals surface area (Å²) in [5.41, 5.74) is 1.32. The Bertz CT molecular complexity index is 2580. The molecular formula is C49H62N8O8S. The average molecular weight is 923 g/mol. The quantitative estimate of drug-likeness (QED) is 0.0322. The highest BCUT2D eigenvalue weighted by molar-refractivity contribution is 8.00. The second-order valence-corrected chi connectivity index (χ2v) is 19.2. The Hall–Kier alpha value is -6.23. The molecule has 2 aromatic carbocycles. The van der Waals surface area contributed by atoms with Crippen LogP contribution in [0.25, 0.3) is 12.2 Å². The molecule has 0 radical (unpaired) electrons. The fourth-order valence-electron chi connectivity index (χ4n) is 8.00. The number of hydrogen-bond donors (Lipinski definition) is 7. The number of rotatable bonds is 23. The van der Waals surface area contributed by atoms with Crippen molar-refractivity contribution in [1.29, 1.82) is 0 Å². The first-order valence-corrected chi connectivity index (χ1v) is 24.0. The molecule has 6 rings (SSSR count). The van der Waals surface area contributed by atoms with Crippen molar-refractivity contribution in [2.24, 2.45) is 0 Å². The Labute approximate surface area is 388 Å². The number of hydrogen-bond acceptors (Lipinski definition) is 10. The molecule has 5 amide bonds. The van der Waals surface area contributed by atoms with Crippen molar-refractivity contribution in [3.05, 3.63) is 120 Å². The van der Waals surface area contributed by atoms with Gasteiger partial charge in [0.05, 0.1) is 12.1 Å². The number of urea groups is 1. The Kier molecular flexibility index (Phi) is 17.7. The van der Waals surface area contributed by atoms with Gasteiger partial charge in [0.15, 0.2) is 12.2 Å². The van der Waals surface area contributed by atoms with Gasteiger partial charge in [0.2, 0.25) is 17.7 Å². The van der Waals surface area contributed by atoms with E-state index in [0.29, 0.717) is 78.7 Å². The summed E-state index contributed by atoms with van der Waals surface area (Å²) in [4.78, 5) is 97.2. The standard InChI is InChI=1S/C49H62N8O8S/c1-49(2,3)45-35(53-30-65-45)27-37-47(63)54-36(46(62)55-37)26-32-13-12-14-34(25-32)44(61)33-21-19-31(20-22-33)28-52-42(60)17-7-5-11-23-50-40(58)16-6-4-10-24-51-41(59)18-9-8-15-39-43-38(29-66-39)56-48(64)57-43/h12-14,19-22,25-27,30,38-39,43H,4-11,15-18,23-24,28-29H2,1-3H3,(H,50,58)(H,51,59)(H,52,60)(H,54,63)(H,55,62)(H2,56,57,64)/b36-26-,37-27-/t38-,39-,43-/m0/s1. The van der Waals surface area contributed by atoms with E-state index in [-0.39, 0.29) is 57.7 Å². The predicted molar refractivity (Wildman–Crippen MR) is 254 cm³/mol. The van der Waals surface area contributed by atoms with Crippen LogP contribution >= 0.6 is 11.8 Å². The number of nitrogens with zero attached hydrogens (tertiary/aromatic N) is 1. The third-order valence-corrected chi connectivity index (χ3v) is 13.1. The zero-order valence-corrected chi connectivity index (χ0v) is 38.8. The van der Waals surface area contributed by atoms with Gasteiger partial charge < -0.3 is 41.0 Å². The molecule has 0 saturated carbocycles. The van der Waals surface area contributed by atoms with E-state index in [1.54, 1.807) is 48.5 Å². The smallest absolute Gasteiger partial charge is 0.315 e. The van der Waals surface area contributed by atoms with E-state index >= 15 is 0 Å². The average Bonchev–Trinajstić information content (AvgIpc) is 4.02. The lowest BCUT2D eigenvalue weighted by molar-refractivity contribution is -0.122. The number of amides is 5. The number of ketones is 1. The fourth-order valence-corrected chi connectivity index (χ4v) is 9.54. The molecule has 2 aliphatic heterocycles. The molecule has 2 saturated heterocycles. The van der Waals surface area contributed by atoms with Crippen molar-refractivity contribution in [2.75, 3.05) is 18.8 Å². The SMILES string of the molecule is CC(C)(C)c1ocnc1/C=c1\[nH]c(=O)/c(=C/c2cccc(C(=O)c3ccc(CNC(=O)CCCCCNC(=O)CCCCCNC(=O)CCCC[C@@H]4SC[C@@H]5NC(=O)N[C@@H]54)cc3)c2)[nH]c1=O. The van der Waals surface area contributed by atoms with Crippen LogP contribution in [0.2, 0.25) is 0 Å². The van der Waals surface area contributed by atoms with Crippen LogP contribution in [0.4, 0.5) is 4.79 Å². The van der Waals surface area contributed by atoms with Crippen LogP contribution in [0.3, 0.4) is 0 Å². The fraction of sp³-hybridized carbons (Fsp3) is 0.469. The molecule has 4 heterocycles. The van der Waals surface area contributed by atoms with Crippen molar-refractivity contribution in [3.8, 4) is 0 Å². The van der Waals surface area contributed by atoms with Gasteiger partial charge in [0, 0.05) is 66.4 Å². The number of nitrogens with one attached hydrogen (secondary N) is 7. The molecule has 2 aromatic heterocycles. The third-order valence-electron chi connectivity index (χ3n) is 11.6. The zero-order valence-electron chi connectivity index (χ0n) is 38.0. The van der Waals surface area contributed by atoms with E-state index < -0.39 is 11.1 Å². The molecule has 2 fully saturated rings. The number of benzene rings is 2. The van der Waals surface area contributed by atoms with E-state index in [1.807, 2.05) is 32.5 Å². The highest BCUT2D eigenvalue weighted by Crippen LogP contribution is 2.33. The normalized spacial score (nSPS) is 17.3. The molecule has 0 bridgehead atoms. The van der Waals surface area contributed by atoms with Crippen LogP contribution in [-0.4, -0.2) is 80.7 Å². The van der Waals surface area contributed by atoms with Gasteiger partial charge in [-0.1, -0.05) is 82.5 Å². The summed E-state index contributed by atoms with van der Waals surface area (Å²) in [6.07, 6.45) is 13.1. The van der Waals surface area contributed by atoms with Crippen LogP contribution in [0.15, 0.2) is 68.9 Å². The number of fused-ring (bicyclic) bond motifs is 1. The van der Waals surface area contributed by atoms with Crippen LogP contribution in [0.5, 0.6) is 0 Å². The molecule has 3 atom stereocenters. The number of aromatic amines is 2. The van der Waals surface area contributed by atoms with Crippen molar-refractivity contribution in [2.45, 2.75) is 127 Å². The first-order chi connectivity index (χ1) is 31.7. The van der Waals surface area contributed by atoms with E-state index in [2.05, 4.69) is 41.5 Å². The number of oxazole rings is 1. The van der Waals surface area contributed by atoms with Gasteiger partial charge in [-0.15, -0.1) is 0 Å². The van der Waals surface area contributed by atoms with Crippen molar-refractivity contribution in [1.82, 2.24) is 41.5 Å². The molecule has 0 spiro atoms. The third kappa shape index (κ3) is 14.6. The number of carbonyl (C=O) groups excluding carboxylic acids is 5. The highest BCUT2D eigenvalue weighted by Gasteiger charge is 2.42. The molecule has 0 aliphatic carbocycles. The molecule has 0 unspecified atom stereocenters. The molecule has 17 heteroatoms. The largest absolute Gasteiger partial charge is 0.447 e. The maximum Gasteiger partial charge on any atom is 0.315 e. The highest BCUT2D eigenvalue weighted by atomic mass is 32.2. The Balaban J connectivity index is 0.807. The number of carbonyl (C=O) groups is 5. The summed E-state index contributed by atoms with van der Waals surface area (Å²) >= 11 is 1.89. The maximum absolute atomic E-state index is 13.4. The Morgan fingerprint density at radius 2 is 1.36 bits per heavy atom. The zero-order chi connectivity index (χ0) is 47.1. The van der Waals surface area contributed by atoms with Gasteiger partial charge in [-0.05, 0) is 67.9 Å². The lowest BCUT2D eigenvalue weighted by Gasteiger charge is -2.16. The second-order valence-electron chi connectivity index (χ2n) is 18.0. The van der Waals surface area contributed by atoms with Crippen molar-refractivity contribution < 1.29 is 28.4 Å². The van der Waals surface area contributed by atoms with Crippen LogP contribution in [-0.2, 0) is 26.3 Å². The second kappa shape index (κ2) is 23.8. The molecule has 4 aromatic rings. The number of aromatic nitrogens is 3. The van der Waals surface area contributed by atoms with Crippen LogP contribution in [0, 0.1) is 0 Å². The first-order valence-electron chi connectivity index (χ1n) is 23.0. The van der Waals surface area contributed by atoms with Gasteiger partial charge in [0.25, 0.3) is 11.1 Å². The lowest BCUT2D eigenvalue weighted by Crippen LogP contribution is -2.46. The van der Waals surface area contributed by atoms with Gasteiger partial charge in [-0.3, -0.25) is 28.8 Å². The van der Waals surface area contributed by atoms with Crippen LogP contribution < -0.4 is 48.4 Å².